The Balaban J connectivity index is 1.86. The summed E-state index contributed by atoms with van der Waals surface area (Å²) < 4.78 is 5.44. The number of nitrogens with zero attached hydrogens (tertiary/aromatic N) is 1. The molecule has 0 bridgehead atoms. The highest BCUT2D eigenvalue weighted by molar-refractivity contribution is 5.75. The number of benzene rings is 2. The Morgan fingerprint density at radius 2 is 1.67 bits per heavy atom. The molecular formula is C18H18N2O. The van der Waals surface area contributed by atoms with Crippen LogP contribution in [0.5, 0.6) is 0 Å². The monoisotopic (exact) mass is 278 g/mol. The van der Waals surface area contributed by atoms with Crippen molar-refractivity contribution in [3.63, 3.8) is 0 Å². The molecule has 0 amide bonds. The smallest absolute Gasteiger partial charge is 0.175 e. The topological polar surface area (TPSA) is 52.0 Å². The Bertz CT molecular complexity index is 732. The minimum Gasteiger partial charge on any atom is -0.380 e. The molecule has 2 aromatic carbocycles. The lowest BCUT2D eigenvalue weighted by Gasteiger charge is -2.05. The molecule has 2 N–H and O–H groups in total. The maximum absolute atomic E-state index is 5.97. The molecule has 3 aromatic rings. The minimum absolute atomic E-state index is 0.459. The van der Waals surface area contributed by atoms with Crippen molar-refractivity contribution in [1.29, 1.82) is 0 Å². The van der Waals surface area contributed by atoms with E-state index in [1.165, 1.54) is 11.1 Å². The predicted octanol–water partition coefficient (Wildman–Crippen LogP) is 4.02. The van der Waals surface area contributed by atoms with Gasteiger partial charge in [-0.15, -0.1) is 0 Å². The van der Waals surface area contributed by atoms with Crippen LogP contribution < -0.4 is 5.73 Å². The first-order chi connectivity index (χ1) is 10.3. The summed E-state index contributed by atoms with van der Waals surface area (Å²) >= 11 is 0. The second kappa shape index (κ2) is 5.83. The molecule has 0 aliphatic rings. The molecule has 3 heteroatoms. The van der Waals surface area contributed by atoms with Gasteiger partial charge in [-0.25, -0.2) is 0 Å². The second-order valence-corrected chi connectivity index (χ2v) is 5.16. The Morgan fingerprint density at radius 3 is 2.43 bits per heavy atom. The number of anilines is 1. The average Bonchev–Trinajstić information content (AvgIpc) is 2.88. The molecule has 1 aromatic heterocycles. The molecule has 0 aliphatic carbocycles. The zero-order valence-corrected chi connectivity index (χ0v) is 12.0. The van der Waals surface area contributed by atoms with Crippen molar-refractivity contribution < 1.29 is 4.52 Å². The maximum Gasteiger partial charge on any atom is 0.175 e. The van der Waals surface area contributed by atoms with E-state index in [0.29, 0.717) is 5.82 Å². The van der Waals surface area contributed by atoms with Crippen LogP contribution in [0.3, 0.4) is 0 Å². The van der Waals surface area contributed by atoms with Crippen molar-refractivity contribution in [3.8, 4) is 11.1 Å². The molecule has 0 atom stereocenters. The van der Waals surface area contributed by atoms with Crippen LogP contribution in [0.1, 0.15) is 16.9 Å². The number of nitrogen functional groups attached to an aromatic ring is 1. The average molecular weight is 278 g/mol. The molecular weight excluding hydrogens is 260 g/mol. The van der Waals surface area contributed by atoms with Gasteiger partial charge in [-0.05, 0) is 30.0 Å². The van der Waals surface area contributed by atoms with Crippen LogP contribution in [0.15, 0.2) is 59.1 Å². The molecule has 0 aliphatic heterocycles. The molecule has 3 rings (SSSR count). The quantitative estimate of drug-likeness (QED) is 0.784. The van der Waals surface area contributed by atoms with Crippen molar-refractivity contribution in [3.05, 3.63) is 71.5 Å². The number of aromatic nitrogens is 1. The first-order valence-corrected chi connectivity index (χ1v) is 7.09. The van der Waals surface area contributed by atoms with Gasteiger partial charge in [0.1, 0.15) is 5.76 Å². The Kier molecular flexibility index (Phi) is 3.73. The molecule has 1 heterocycles. The Morgan fingerprint density at radius 1 is 0.952 bits per heavy atom. The molecule has 0 radical (unpaired) electrons. The van der Waals surface area contributed by atoms with Gasteiger partial charge in [0.15, 0.2) is 5.82 Å². The van der Waals surface area contributed by atoms with Gasteiger partial charge in [-0.1, -0.05) is 59.8 Å². The Labute approximate surface area is 124 Å². The SMILES string of the molecule is Cc1ccccc1CCc1onc(N)c1-c1ccccc1. The molecule has 21 heavy (non-hydrogen) atoms. The third-order valence-electron chi connectivity index (χ3n) is 3.73. The van der Waals surface area contributed by atoms with Gasteiger partial charge in [0.25, 0.3) is 0 Å². The van der Waals surface area contributed by atoms with E-state index in [-0.39, 0.29) is 0 Å². The molecule has 0 saturated carbocycles. The van der Waals surface area contributed by atoms with Gasteiger partial charge in [-0.2, -0.15) is 0 Å². The van der Waals surface area contributed by atoms with E-state index >= 15 is 0 Å². The number of hydrogen-bond donors (Lipinski definition) is 1. The second-order valence-electron chi connectivity index (χ2n) is 5.16. The lowest BCUT2D eigenvalue weighted by molar-refractivity contribution is 0.386. The number of rotatable bonds is 4. The summed E-state index contributed by atoms with van der Waals surface area (Å²) in [5, 5.41) is 3.93. The van der Waals surface area contributed by atoms with Crippen LogP contribution in [0.4, 0.5) is 5.82 Å². The number of aryl methyl sites for hydroxylation is 3. The van der Waals surface area contributed by atoms with Gasteiger partial charge in [0, 0.05) is 6.42 Å². The summed E-state index contributed by atoms with van der Waals surface area (Å²) in [5.74, 6) is 1.31. The van der Waals surface area contributed by atoms with Crippen LogP contribution in [0.25, 0.3) is 11.1 Å². The van der Waals surface area contributed by atoms with Gasteiger partial charge in [0.05, 0.1) is 5.56 Å². The van der Waals surface area contributed by atoms with Crippen LogP contribution in [0, 0.1) is 6.92 Å². The van der Waals surface area contributed by atoms with Crippen LogP contribution in [-0.4, -0.2) is 5.16 Å². The first kappa shape index (κ1) is 13.4. The van der Waals surface area contributed by atoms with Gasteiger partial charge >= 0.3 is 0 Å². The summed E-state index contributed by atoms with van der Waals surface area (Å²) in [6.07, 6.45) is 1.71. The zero-order valence-electron chi connectivity index (χ0n) is 12.0. The van der Waals surface area contributed by atoms with Crippen LogP contribution >= 0.6 is 0 Å². The molecule has 106 valence electrons. The van der Waals surface area contributed by atoms with Crippen molar-refractivity contribution in [2.24, 2.45) is 0 Å². The molecule has 0 unspecified atom stereocenters. The summed E-state index contributed by atoms with van der Waals surface area (Å²) in [5.41, 5.74) is 10.6. The third kappa shape index (κ3) is 2.82. The van der Waals surface area contributed by atoms with E-state index < -0.39 is 0 Å². The normalized spacial score (nSPS) is 10.7. The van der Waals surface area contributed by atoms with Crippen molar-refractivity contribution in [2.75, 3.05) is 5.73 Å². The molecule has 0 saturated heterocycles. The third-order valence-corrected chi connectivity index (χ3v) is 3.73. The van der Waals surface area contributed by atoms with E-state index in [4.69, 9.17) is 10.3 Å². The fourth-order valence-corrected chi connectivity index (χ4v) is 2.56. The van der Waals surface area contributed by atoms with E-state index in [2.05, 4.69) is 36.3 Å². The Hall–Kier alpha value is -2.55. The van der Waals surface area contributed by atoms with Crippen LogP contribution in [0.2, 0.25) is 0 Å². The van der Waals surface area contributed by atoms with E-state index in [1.54, 1.807) is 0 Å². The maximum atomic E-state index is 5.97. The van der Waals surface area contributed by atoms with E-state index in [1.807, 2.05) is 30.3 Å². The van der Waals surface area contributed by atoms with Gasteiger partial charge in [0.2, 0.25) is 0 Å². The van der Waals surface area contributed by atoms with Gasteiger partial charge < -0.3 is 10.3 Å². The zero-order chi connectivity index (χ0) is 14.7. The van der Waals surface area contributed by atoms with Crippen LogP contribution in [-0.2, 0) is 12.8 Å². The van der Waals surface area contributed by atoms with Gasteiger partial charge in [-0.3, -0.25) is 0 Å². The fraction of sp³-hybridized carbons (Fsp3) is 0.167. The molecule has 0 spiro atoms. The summed E-state index contributed by atoms with van der Waals surface area (Å²) in [4.78, 5) is 0. The van der Waals surface area contributed by atoms with Crippen molar-refractivity contribution >= 4 is 5.82 Å². The molecule has 0 fully saturated rings. The number of hydrogen-bond acceptors (Lipinski definition) is 3. The first-order valence-electron chi connectivity index (χ1n) is 7.09. The highest BCUT2D eigenvalue weighted by Gasteiger charge is 2.15. The van der Waals surface area contributed by atoms with Crippen molar-refractivity contribution in [2.45, 2.75) is 19.8 Å². The summed E-state index contributed by atoms with van der Waals surface area (Å²) in [6, 6.07) is 18.4. The van der Waals surface area contributed by atoms with Crippen molar-refractivity contribution in [1.82, 2.24) is 5.16 Å². The highest BCUT2D eigenvalue weighted by Crippen LogP contribution is 2.30. The largest absolute Gasteiger partial charge is 0.380 e. The lowest BCUT2D eigenvalue weighted by Crippen LogP contribution is -1.95. The minimum atomic E-state index is 0.459. The highest BCUT2D eigenvalue weighted by atomic mass is 16.5. The summed E-state index contributed by atoms with van der Waals surface area (Å²) in [6.45, 7) is 2.13. The number of nitrogens with two attached hydrogens (primary N) is 1. The fourth-order valence-electron chi connectivity index (χ4n) is 2.56. The predicted molar refractivity (Wildman–Crippen MR) is 84.9 cm³/mol. The standard InChI is InChI=1S/C18H18N2O/c1-13-7-5-6-8-14(13)11-12-16-17(18(19)20-21-16)15-9-3-2-4-10-15/h2-10H,11-12H2,1H3,(H2,19,20). The summed E-state index contributed by atoms with van der Waals surface area (Å²) in [7, 11) is 0. The molecule has 3 nitrogen and oxygen atoms in total. The van der Waals surface area contributed by atoms with E-state index in [0.717, 1.165) is 29.7 Å². The lowest BCUT2D eigenvalue weighted by atomic mass is 9.99. The van der Waals surface area contributed by atoms with E-state index in [9.17, 15) is 0 Å².